The van der Waals surface area contributed by atoms with Crippen molar-refractivity contribution < 1.29 is 0 Å². The second kappa shape index (κ2) is 5.33. The average molecular weight is 262 g/mol. The van der Waals surface area contributed by atoms with Gasteiger partial charge < -0.3 is 0 Å². The van der Waals surface area contributed by atoms with Gasteiger partial charge in [-0.25, -0.2) is 0 Å². The lowest BCUT2D eigenvalue weighted by molar-refractivity contribution is 1.60. The van der Waals surface area contributed by atoms with E-state index in [9.17, 15) is 0 Å². The standard InChI is InChI=1S/C18H14S/c1-14-12-17(15-8-4-2-5-9-15)13-18(19-14)16-10-6-3-7-11-16/h2-13H,1H2. The lowest BCUT2D eigenvalue weighted by atomic mass is 10.0. The van der Waals surface area contributed by atoms with Gasteiger partial charge in [0.25, 0.3) is 0 Å². The molecular formula is C18H14S. The highest BCUT2D eigenvalue weighted by atomic mass is 32.2. The van der Waals surface area contributed by atoms with Crippen molar-refractivity contribution in [3.8, 4) is 0 Å². The summed E-state index contributed by atoms with van der Waals surface area (Å²) in [6.45, 7) is 4.11. The highest BCUT2D eigenvalue weighted by molar-refractivity contribution is 8.12. The van der Waals surface area contributed by atoms with E-state index in [1.165, 1.54) is 21.6 Å². The quantitative estimate of drug-likeness (QED) is 0.701. The first-order valence-electron chi connectivity index (χ1n) is 6.24. The summed E-state index contributed by atoms with van der Waals surface area (Å²) in [5.41, 5.74) is 3.70. The van der Waals surface area contributed by atoms with E-state index in [1.807, 2.05) is 12.1 Å². The topological polar surface area (TPSA) is 0 Å². The van der Waals surface area contributed by atoms with Gasteiger partial charge in [-0.1, -0.05) is 79.0 Å². The smallest absolute Gasteiger partial charge is 0.0200 e. The molecule has 0 bridgehead atoms. The van der Waals surface area contributed by atoms with Crippen molar-refractivity contribution in [1.82, 2.24) is 0 Å². The van der Waals surface area contributed by atoms with Crippen molar-refractivity contribution in [2.24, 2.45) is 0 Å². The fraction of sp³-hybridized carbons (Fsp3) is 0. The number of benzene rings is 2. The molecule has 92 valence electrons. The molecule has 0 spiro atoms. The first-order valence-corrected chi connectivity index (χ1v) is 7.05. The van der Waals surface area contributed by atoms with Crippen LogP contribution in [-0.2, 0) is 0 Å². The highest BCUT2D eigenvalue weighted by Crippen LogP contribution is 2.40. The molecule has 2 aromatic carbocycles. The van der Waals surface area contributed by atoms with Crippen LogP contribution in [0.15, 0.2) is 84.3 Å². The Bertz CT molecular complexity index is 649. The molecule has 0 aliphatic carbocycles. The summed E-state index contributed by atoms with van der Waals surface area (Å²) in [5.74, 6) is 0. The molecule has 3 rings (SSSR count). The zero-order valence-electron chi connectivity index (χ0n) is 10.5. The van der Waals surface area contributed by atoms with Crippen LogP contribution in [0.1, 0.15) is 11.1 Å². The van der Waals surface area contributed by atoms with Gasteiger partial charge in [0.1, 0.15) is 0 Å². The molecule has 0 unspecified atom stereocenters. The molecule has 0 fully saturated rings. The number of hydrogen-bond acceptors (Lipinski definition) is 1. The molecule has 0 amide bonds. The van der Waals surface area contributed by atoms with Crippen LogP contribution in [0.2, 0.25) is 0 Å². The van der Waals surface area contributed by atoms with Gasteiger partial charge in [-0.05, 0) is 28.9 Å². The monoisotopic (exact) mass is 262 g/mol. The molecule has 0 saturated heterocycles. The summed E-state index contributed by atoms with van der Waals surface area (Å²) in [6, 6.07) is 20.9. The minimum Gasteiger partial charge on any atom is -0.0901 e. The molecule has 0 aromatic heterocycles. The third-order valence-electron chi connectivity index (χ3n) is 3.01. The molecule has 0 saturated carbocycles. The van der Waals surface area contributed by atoms with Crippen molar-refractivity contribution in [3.05, 3.63) is 95.4 Å². The van der Waals surface area contributed by atoms with Crippen LogP contribution < -0.4 is 0 Å². The van der Waals surface area contributed by atoms with E-state index >= 15 is 0 Å². The summed E-state index contributed by atoms with van der Waals surface area (Å²) >= 11 is 1.73. The van der Waals surface area contributed by atoms with E-state index in [4.69, 9.17) is 0 Å². The number of rotatable bonds is 2. The molecular weight excluding hydrogens is 248 g/mol. The summed E-state index contributed by atoms with van der Waals surface area (Å²) in [7, 11) is 0. The third kappa shape index (κ3) is 2.72. The maximum Gasteiger partial charge on any atom is 0.0200 e. The zero-order valence-corrected chi connectivity index (χ0v) is 11.4. The lowest BCUT2D eigenvalue weighted by Crippen LogP contribution is -1.90. The van der Waals surface area contributed by atoms with E-state index in [0.29, 0.717) is 0 Å². The molecule has 2 aromatic rings. The van der Waals surface area contributed by atoms with Crippen molar-refractivity contribution in [2.45, 2.75) is 0 Å². The number of thioether (sulfide) groups is 1. The van der Waals surface area contributed by atoms with Crippen molar-refractivity contribution in [3.63, 3.8) is 0 Å². The molecule has 0 atom stereocenters. The summed E-state index contributed by atoms with van der Waals surface area (Å²) in [4.78, 5) is 2.34. The maximum absolute atomic E-state index is 4.11. The maximum atomic E-state index is 4.11. The van der Waals surface area contributed by atoms with Crippen LogP contribution in [-0.4, -0.2) is 0 Å². The van der Waals surface area contributed by atoms with E-state index in [2.05, 4.69) is 67.3 Å². The molecule has 1 heterocycles. The van der Waals surface area contributed by atoms with Gasteiger partial charge in [-0.3, -0.25) is 0 Å². The predicted octanol–water partition coefficient (Wildman–Crippen LogP) is 5.37. The van der Waals surface area contributed by atoms with Crippen LogP contribution in [0.5, 0.6) is 0 Å². The molecule has 1 heteroatoms. The van der Waals surface area contributed by atoms with Gasteiger partial charge in [0, 0.05) is 9.81 Å². The average Bonchev–Trinajstić information content (AvgIpc) is 2.48. The first kappa shape index (κ1) is 12.1. The lowest BCUT2D eigenvalue weighted by Gasteiger charge is -2.15. The largest absolute Gasteiger partial charge is 0.0901 e. The Morgan fingerprint density at radius 3 is 1.89 bits per heavy atom. The van der Waals surface area contributed by atoms with Gasteiger partial charge in [0.2, 0.25) is 0 Å². The van der Waals surface area contributed by atoms with Crippen molar-refractivity contribution >= 4 is 22.2 Å². The van der Waals surface area contributed by atoms with Crippen LogP contribution in [0.25, 0.3) is 10.5 Å². The Kier molecular flexibility index (Phi) is 3.39. The predicted molar refractivity (Wildman–Crippen MR) is 85.6 cm³/mol. The molecule has 19 heavy (non-hydrogen) atoms. The minimum absolute atomic E-state index is 1.08. The minimum atomic E-state index is 1.08. The normalized spacial score (nSPS) is 14.8. The second-order valence-corrected chi connectivity index (χ2v) is 5.58. The van der Waals surface area contributed by atoms with Crippen molar-refractivity contribution in [2.75, 3.05) is 0 Å². The van der Waals surface area contributed by atoms with Crippen LogP contribution in [0, 0.1) is 0 Å². The van der Waals surface area contributed by atoms with E-state index in [0.717, 1.165) is 4.91 Å². The Hall–Kier alpha value is -1.99. The van der Waals surface area contributed by atoms with Gasteiger partial charge in [-0.2, -0.15) is 0 Å². The Balaban J connectivity index is 2.02. The summed E-state index contributed by atoms with van der Waals surface area (Å²) in [6.07, 6.45) is 4.39. The van der Waals surface area contributed by atoms with Crippen LogP contribution in [0.4, 0.5) is 0 Å². The van der Waals surface area contributed by atoms with E-state index in [1.54, 1.807) is 11.8 Å². The van der Waals surface area contributed by atoms with E-state index in [-0.39, 0.29) is 0 Å². The molecule has 0 N–H and O–H groups in total. The first-order chi connectivity index (χ1) is 9.33. The van der Waals surface area contributed by atoms with Gasteiger partial charge in [0.15, 0.2) is 0 Å². The summed E-state index contributed by atoms with van der Waals surface area (Å²) in [5, 5.41) is 0. The van der Waals surface area contributed by atoms with Crippen molar-refractivity contribution in [1.29, 1.82) is 0 Å². The Morgan fingerprint density at radius 2 is 1.26 bits per heavy atom. The number of allylic oxidation sites excluding steroid dienone is 3. The Labute approximate surface area is 118 Å². The highest BCUT2D eigenvalue weighted by Gasteiger charge is 2.11. The van der Waals surface area contributed by atoms with Gasteiger partial charge >= 0.3 is 0 Å². The fourth-order valence-corrected chi connectivity index (χ4v) is 3.01. The Morgan fingerprint density at radius 1 is 0.684 bits per heavy atom. The fourth-order valence-electron chi connectivity index (χ4n) is 2.10. The molecule has 0 radical (unpaired) electrons. The second-order valence-electron chi connectivity index (χ2n) is 4.41. The van der Waals surface area contributed by atoms with Crippen LogP contribution in [0.3, 0.4) is 0 Å². The van der Waals surface area contributed by atoms with Gasteiger partial charge in [-0.15, -0.1) is 0 Å². The SMILES string of the molecule is C=C1C=C(c2ccccc2)C=C(c2ccccc2)S1. The zero-order chi connectivity index (χ0) is 13.1. The number of hydrogen-bond donors (Lipinski definition) is 0. The van der Waals surface area contributed by atoms with Gasteiger partial charge in [0.05, 0.1) is 0 Å². The van der Waals surface area contributed by atoms with E-state index < -0.39 is 0 Å². The molecule has 1 aliphatic heterocycles. The molecule has 1 aliphatic rings. The molecule has 0 nitrogen and oxygen atoms in total. The van der Waals surface area contributed by atoms with Crippen LogP contribution >= 0.6 is 11.8 Å². The summed E-state index contributed by atoms with van der Waals surface area (Å²) < 4.78 is 0. The third-order valence-corrected chi connectivity index (χ3v) is 3.96.